The summed E-state index contributed by atoms with van der Waals surface area (Å²) in [6, 6.07) is 18.1. The number of ether oxygens (including phenoxy) is 1. The lowest BCUT2D eigenvalue weighted by molar-refractivity contribution is -0.138. The second kappa shape index (κ2) is 10.5. The molecule has 0 spiro atoms. The van der Waals surface area contributed by atoms with Gasteiger partial charge < -0.3 is 9.84 Å². The fourth-order valence-electron chi connectivity index (χ4n) is 7.99. The number of anilines is 1. The largest absolute Gasteiger partial charge is 0.508 e. The molecule has 2 aliphatic heterocycles. The SMILES string of the molecule is CN1C(=O)C2CC=C3C(CC4C(=O)N(c5ccc(F)c(Cl)c5)C(=O)C4(C)C3c3ccc(OCc4ccccc4)cc3O)C2C1=O. The highest BCUT2D eigenvalue weighted by molar-refractivity contribution is 6.31. The molecule has 4 aliphatic rings. The lowest BCUT2D eigenvalue weighted by Crippen LogP contribution is -2.48. The first-order chi connectivity index (χ1) is 21.5. The van der Waals surface area contributed by atoms with Gasteiger partial charge in [-0.15, -0.1) is 0 Å². The molecule has 8 nitrogen and oxygen atoms in total. The number of amides is 4. The van der Waals surface area contributed by atoms with E-state index in [1.807, 2.05) is 36.4 Å². The van der Waals surface area contributed by atoms with Gasteiger partial charge in [0.25, 0.3) is 0 Å². The average molecular weight is 629 g/mol. The monoisotopic (exact) mass is 628 g/mol. The van der Waals surface area contributed by atoms with E-state index in [0.717, 1.165) is 27.0 Å². The fraction of sp³-hybridized carbons (Fsp3) is 0.314. The van der Waals surface area contributed by atoms with Crippen molar-refractivity contribution < 1.29 is 33.4 Å². The molecule has 1 saturated carbocycles. The lowest BCUT2D eigenvalue weighted by atomic mass is 9.51. The van der Waals surface area contributed by atoms with Crippen LogP contribution in [0.15, 0.2) is 78.4 Å². The molecule has 45 heavy (non-hydrogen) atoms. The molecule has 7 rings (SSSR count). The van der Waals surface area contributed by atoms with Crippen molar-refractivity contribution in [3.63, 3.8) is 0 Å². The number of aromatic hydroxyl groups is 1. The van der Waals surface area contributed by atoms with Crippen LogP contribution in [0.1, 0.15) is 36.8 Å². The molecule has 2 aliphatic carbocycles. The summed E-state index contributed by atoms with van der Waals surface area (Å²) < 4.78 is 20.0. The predicted octanol–water partition coefficient (Wildman–Crippen LogP) is 5.62. The summed E-state index contributed by atoms with van der Waals surface area (Å²) in [6.07, 6.45) is 2.39. The van der Waals surface area contributed by atoms with Crippen molar-refractivity contribution in [2.75, 3.05) is 11.9 Å². The van der Waals surface area contributed by atoms with Crippen LogP contribution in [0.2, 0.25) is 5.02 Å². The Labute approximate surface area is 264 Å². The predicted molar refractivity (Wildman–Crippen MR) is 163 cm³/mol. The van der Waals surface area contributed by atoms with Crippen LogP contribution in [0.5, 0.6) is 11.5 Å². The molecule has 4 amide bonds. The number of imide groups is 2. The normalized spacial score (nSPS) is 29.0. The molecule has 0 radical (unpaired) electrons. The van der Waals surface area contributed by atoms with E-state index in [1.54, 1.807) is 19.1 Å². The number of benzene rings is 3. The van der Waals surface area contributed by atoms with E-state index in [9.17, 15) is 28.7 Å². The third kappa shape index (κ3) is 4.31. The van der Waals surface area contributed by atoms with E-state index >= 15 is 0 Å². The molecule has 3 fully saturated rings. The third-order valence-corrected chi connectivity index (χ3v) is 10.5. The Morgan fingerprint density at radius 1 is 0.978 bits per heavy atom. The minimum absolute atomic E-state index is 0.122. The first-order valence-electron chi connectivity index (χ1n) is 14.9. The second-order valence-electron chi connectivity index (χ2n) is 12.5. The number of fused-ring (bicyclic) bond motifs is 4. The molecular weight excluding hydrogens is 599 g/mol. The van der Waals surface area contributed by atoms with Crippen molar-refractivity contribution in [1.82, 2.24) is 4.90 Å². The summed E-state index contributed by atoms with van der Waals surface area (Å²) in [6.45, 7) is 1.99. The van der Waals surface area contributed by atoms with E-state index < -0.39 is 52.6 Å². The molecule has 3 aromatic carbocycles. The van der Waals surface area contributed by atoms with Crippen molar-refractivity contribution in [2.24, 2.45) is 29.1 Å². The standard InChI is InChI=1S/C35H30ClFN2O6/c1-35-25(32(42)39(34(35)44)19-8-13-27(37)26(36)14-19)16-24-21(11-12-23-29(24)33(43)38(2)31(23)41)30(35)22-10-9-20(15-28(22)40)45-17-18-6-4-3-5-7-18/h3-11,13-15,23-25,29-30,40H,12,16-17H2,1-2H3. The number of halogens is 2. The van der Waals surface area contributed by atoms with Gasteiger partial charge in [-0.25, -0.2) is 9.29 Å². The molecule has 3 aromatic rings. The summed E-state index contributed by atoms with van der Waals surface area (Å²) >= 11 is 6.05. The number of carbonyl (C=O) groups is 4. The summed E-state index contributed by atoms with van der Waals surface area (Å²) in [5.74, 6) is -5.38. The molecular formula is C35H30ClFN2O6. The lowest BCUT2D eigenvalue weighted by Gasteiger charge is -2.49. The maximum atomic E-state index is 14.5. The number of rotatable bonds is 5. The fourth-order valence-corrected chi connectivity index (χ4v) is 8.16. The number of allylic oxidation sites excluding steroid dienone is 2. The zero-order valence-electron chi connectivity index (χ0n) is 24.6. The van der Waals surface area contributed by atoms with Crippen LogP contribution < -0.4 is 9.64 Å². The summed E-state index contributed by atoms with van der Waals surface area (Å²) in [4.78, 5) is 57.2. The van der Waals surface area contributed by atoms with Crippen LogP contribution in [0.25, 0.3) is 0 Å². The maximum Gasteiger partial charge on any atom is 0.241 e. The van der Waals surface area contributed by atoms with Crippen LogP contribution in [-0.2, 0) is 25.8 Å². The minimum Gasteiger partial charge on any atom is -0.508 e. The number of nitrogens with zero attached hydrogens (tertiary/aromatic N) is 2. The minimum atomic E-state index is -1.37. The molecule has 10 heteroatoms. The molecule has 2 heterocycles. The molecule has 0 aromatic heterocycles. The zero-order valence-corrected chi connectivity index (χ0v) is 25.3. The van der Waals surface area contributed by atoms with Crippen LogP contribution in [0.3, 0.4) is 0 Å². The topological polar surface area (TPSA) is 104 Å². The summed E-state index contributed by atoms with van der Waals surface area (Å²) in [5.41, 5.74) is 0.884. The van der Waals surface area contributed by atoms with E-state index in [2.05, 4.69) is 0 Å². The molecule has 2 saturated heterocycles. The Hall–Kier alpha value is -4.50. The summed E-state index contributed by atoms with van der Waals surface area (Å²) in [7, 11) is 1.47. The quantitative estimate of drug-likeness (QED) is 0.290. The molecule has 0 bridgehead atoms. The zero-order chi connectivity index (χ0) is 31.8. The van der Waals surface area contributed by atoms with Gasteiger partial charge in [-0.05, 0) is 55.5 Å². The van der Waals surface area contributed by atoms with Crippen molar-refractivity contribution >= 4 is 40.9 Å². The van der Waals surface area contributed by atoms with Gasteiger partial charge in [0, 0.05) is 24.6 Å². The van der Waals surface area contributed by atoms with Gasteiger partial charge in [-0.3, -0.25) is 24.1 Å². The van der Waals surface area contributed by atoms with Crippen molar-refractivity contribution in [1.29, 1.82) is 0 Å². The molecule has 1 N–H and O–H groups in total. The average Bonchev–Trinajstić information content (AvgIpc) is 3.37. The number of phenols is 1. The van der Waals surface area contributed by atoms with Crippen LogP contribution in [-0.4, -0.2) is 40.7 Å². The first-order valence-corrected chi connectivity index (χ1v) is 15.2. The number of hydrogen-bond acceptors (Lipinski definition) is 6. The van der Waals surface area contributed by atoms with Gasteiger partial charge in [0.1, 0.15) is 23.9 Å². The summed E-state index contributed by atoms with van der Waals surface area (Å²) in [5, 5.41) is 11.3. The van der Waals surface area contributed by atoms with Gasteiger partial charge in [-0.1, -0.05) is 59.6 Å². The number of phenolic OH excluding ortho intramolecular Hbond substituents is 1. The van der Waals surface area contributed by atoms with Crippen LogP contribution in [0.4, 0.5) is 10.1 Å². The Balaban J connectivity index is 1.33. The van der Waals surface area contributed by atoms with Crippen molar-refractivity contribution in [2.45, 2.75) is 32.3 Å². The highest BCUT2D eigenvalue weighted by Gasteiger charge is 2.67. The van der Waals surface area contributed by atoms with E-state index in [0.29, 0.717) is 17.7 Å². The highest BCUT2D eigenvalue weighted by atomic mass is 35.5. The maximum absolute atomic E-state index is 14.5. The Morgan fingerprint density at radius 2 is 1.73 bits per heavy atom. The number of likely N-dealkylation sites (tertiary alicyclic amines) is 1. The molecule has 230 valence electrons. The van der Waals surface area contributed by atoms with Crippen LogP contribution >= 0.6 is 11.6 Å². The van der Waals surface area contributed by atoms with Gasteiger partial charge in [0.15, 0.2) is 0 Å². The molecule has 6 atom stereocenters. The Kier molecular flexibility index (Phi) is 6.85. The third-order valence-electron chi connectivity index (χ3n) is 10.2. The Bertz CT molecular complexity index is 1810. The van der Waals surface area contributed by atoms with E-state index in [1.165, 1.54) is 25.2 Å². The van der Waals surface area contributed by atoms with Gasteiger partial charge in [-0.2, -0.15) is 0 Å². The van der Waals surface area contributed by atoms with Gasteiger partial charge >= 0.3 is 0 Å². The number of hydrogen-bond donors (Lipinski definition) is 1. The number of carbonyl (C=O) groups excluding carboxylic acids is 4. The van der Waals surface area contributed by atoms with E-state index in [4.69, 9.17) is 16.3 Å². The van der Waals surface area contributed by atoms with Crippen molar-refractivity contribution in [3.05, 3.63) is 100 Å². The van der Waals surface area contributed by atoms with Gasteiger partial charge in [0.2, 0.25) is 23.6 Å². The molecule has 6 unspecified atom stereocenters. The second-order valence-corrected chi connectivity index (χ2v) is 12.9. The Morgan fingerprint density at radius 3 is 2.44 bits per heavy atom. The van der Waals surface area contributed by atoms with Crippen LogP contribution in [0, 0.1) is 34.9 Å². The van der Waals surface area contributed by atoms with Gasteiger partial charge in [0.05, 0.1) is 33.9 Å². The highest BCUT2D eigenvalue weighted by Crippen LogP contribution is 2.64. The first kappa shape index (κ1) is 29.2. The van der Waals surface area contributed by atoms with Crippen molar-refractivity contribution in [3.8, 4) is 11.5 Å². The smallest absolute Gasteiger partial charge is 0.241 e. The van der Waals surface area contributed by atoms with E-state index in [-0.39, 0.29) is 41.3 Å².